The van der Waals surface area contributed by atoms with Crippen LogP contribution in [0.25, 0.3) is 16.9 Å². The normalized spacial score (nSPS) is 12.2. The molecule has 29 heavy (non-hydrogen) atoms. The number of ether oxygens (including phenoxy) is 1. The summed E-state index contributed by atoms with van der Waals surface area (Å²) in [7, 11) is -4.54. The van der Waals surface area contributed by atoms with Crippen molar-refractivity contribution in [3.8, 4) is 22.7 Å². The molecule has 1 heterocycles. The van der Waals surface area contributed by atoms with E-state index in [2.05, 4.69) is 4.74 Å². The zero-order chi connectivity index (χ0) is 21.6. The predicted molar refractivity (Wildman–Crippen MR) is 93.3 cm³/mol. The summed E-state index contributed by atoms with van der Waals surface area (Å²) in [6.45, 7) is 0. The molecule has 0 amide bonds. The molecule has 2 N–H and O–H groups in total. The molecule has 0 bridgehead atoms. The molecule has 1 aromatic heterocycles. The van der Waals surface area contributed by atoms with Gasteiger partial charge in [-0.25, -0.2) is 22.3 Å². The standard InChI is InChI=1S/C16H9F5N2O4S2/c17-11-6-14(29(22,25)26)12(18)5-10(11)13-7-28-15(24)23(13)8-2-1-3-9(4-8)27-16(19,20)21/h1-7H,(H2,22,25,26). The number of halogens is 5. The van der Waals surface area contributed by atoms with Crippen LogP contribution < -0.4 is 14.7 Å². The fourth-order valence-electron chi connectivity index (χ4n) is 2.50. The van der Waals surface area contributed by atoms with Gasteiger partial charge in [-0.1, -0.05) is 17.4 Å². The molecule has 6 nitrogen and oxygen atoms in total. The monoisotopic (exact) mass is 452 g/mol. The van der Waals surface area contributed by atoms with Gasteiger partial charge in [-0.2, -0.15) is 0 Å². The highest BCUT2D eigenvalue weighted by Gasteiger charge is 2.31. The van der Waals surface area contributed by atoms with Crippen LogP contribution in [0.15, 0.2) is 51.5 Å². The van der Waals surface area contributed by atoms with E-state index in [1.54, 1.807) is 0 Å². The quantitative estimate of drug-likeness (QED) is 0.615. The van der Waals surface area contributed by atoms with Gasteiger partial charge in [-0.15, -0.1) is 13.2 Å². The third kappa shape index (κ3) is 4.46. The Balaban J connectivity index is 2.17. The number of aromatic nitrogens is 1. The summed E-state index contributed by atoms with van der Waals surface area (Å²) >= 11 is 0.576. The molecule has 0 aliphatic carbocycles. The summed E-state index contributed by atoms with van der Waals surface area (Å²) in [5.74, 6) is -3.19. The van der Waals surface area contributed by atoms with Crippen molar-refractivity contribution in [2.45, 2.75) is 11.3 Å². The van der Waals surface area contributed by atoms with Gasteiger partial charge in [0.05, 0.1) is 11.4 Å². The second kappa shape index (κ2) is 7.24. The summed E-state index contributed by atoms with van der Waals surface area (Å²) in [5.41, 5.74) is -0.805. The summed E-state index contributed by atoms with van der Waals surface area (Å²) in [4.78, 5) is 10.4. The van der Waals surface area contributed by atoms with E-state index in [0.717, 1.165) is 22.1 Å². The molecule has 154 valence electrons. The zero-order valence-electron chi connectivity index (χ0n) is 13.9. The van der Waals surface area contributed by atoms with Crippen LogP contribution in [0.1, 0.15) is 0 Å². The van der Waals surface area contributed by atoms with Crippen LogP contribution in [0.5, 0.6) is 5.75 Å². The molecule has 0 radical (unpaired) electrons. The number of hydrogen-bond donors (Lipinski definition) is 1. The van der Waals surface area contributed by atoms with E-state index in [1.807, 2.05) is 0 Å². The number of nitrogens with two attached hydrogens (primary N) is 1. The number of hydrogen-bond acceptors (Lipinski definition) is 5. The van der Waals surface area contributed by atoms with Crippen molar-refractivity contribution < 1.29 is 35.1 Å². The third-order valence-electron chi connectivity index (χ3n) is 3.61. The van der Waals surface area contributed by atoms with Gasteiger partial charge in [0.2, 0.25) is 10.0 Å². The number of thiazole rings is 1. The van der Waals surface area contributed by atoms with Crippen LogP contribution in [-0.2, 0) is 10.0 Å². The number of sulfonamides is 1. The molecule has 0 saturated heterocycles. The van der Waals surface area contributed by atoms with Gasteiger partial charge in [0, 0.05) is 17.0 Å². The van der Waals surface area contributed by atoms with E-state index in [1.165, 1.54) is 12.1 Å². The first-order valence-corrected chi connectivity index (χ1v) is 9.88. The maximum atomic E-state index is 14.5. The van der Waals surface area contributed by atoms with E-state index in [-0.39, 0.29) is 11.4 Å². The van der Waals surface area contributed by atoms with Gasteiger partial charge in [0.25, 0.3) is 0 Å². The van der Waals surface area contributed by atoms with Crippen molar-refractivity contribution in [1.82, 2.24) is 4.57 Å². The summed E-state index contributed by atoms with van der Waals surface area (Å²) in [6, 6.07) is 5.20. The summed E-state index contributed by atoms with van der Waals surface area (Å²) in [5, 5.41) is 5.96. The smallest absolute Gasteiger partial charge is 0.406 e. The second-order valence-electron chi connectivity index (χ2n) is 5.57. The number of benzene rings is 2. The highest BCUT2D eigenvalue weighted by atomic mass is 32.2. The Morgan fingerprint density at radius 3 is 2.38 bits per heavy atom. The fourth-order valence-corrected chi connectivity index (χ4v) is 3.85. The molecule has 0 aliphatic rings. The first-order chi connectivity index (χ1) is 13.4. The first-order valence-electron chi connectivity index (χ1n) is 7.46. The minimum absolute atomic E-state index is 0.108. The third-order valence-corrected chi connectivity index (χ3v) is 5.26. The van der Waals surface area contributed by atoms with Crippen molar-refractivity contribution >= 4 is 21.4 Å². The Hall–Kier alpha value is -2.77. The molecule has 0 fully saturated rings. The van der Waals surface area contributed by atoms with E-state index in [0.29, 0.717) is 23.5 Å². The minimum atomic E-state index is -4.97. The molecule has 0 saturated carbocycles. The Morgan fingerprint density at radius 1 is 1.07 bits per heavy atom. The van der Waals surface area contributed by atoms with Gasteiger partial charge in [0.15, 0.2) is 0 Å². The van der Waals surface area contributed by atoms with Gasteiger partial charge in [0.1, 0.15) is 22.3 Å². The van der Waals surface area contributed by atoms with Crippen molar-refractivity contribution in [3.05, 3.63) is 63.1 Å². The van der Waals surface area contributed by atoms with Crippen LogP contribution in [0.4, 0.5) is 22.0 Å². The van der Waals surface area contributed by atoms with E-state index in [4.69, 9.17) is 5.14 Å². The molecule has 3 aromatic rings. The lowest BCUT2D eigenvalue weighted by molar-refractivity contribution is -0.274. The van der Waals surface area contributed by atoms with E-state index < -0.39 is 49.1 Å². The molecule has 3 rings (SSSR count). The number of primary sulfonamides is 1. The van der Waals surface area contributed by atoms with Crippen LogP contribution >= 0.6 is 11.3 Å². The Morgan fingerprint density at radius 2 is 1.76 bits per heavy atom. The average Bonchev–Trinajstić information content (AvgIpc) is 2.95. The maximum Gasteiger partial charge on any atom is 0.573 e. The fraction of sp³-hybridized carbons (Fsp3) is 0.0625. The minimum Gasteiger partial charge on any atom is -0.406 e. The molecular weight excluding hydrogens is 443 g/mol. The average molecular weight is 452 g/mol. The number of nitrogens with zero attached hydrogens (tertiary/aromatic N) is 1. The maximum absolute atomic E-state index is 14.5. The predicted octanol–water partition coefficient (Wildman–Crippen LogP) is 3.39. The Labute approximate surface area is 163 Å². The van der Waals surface area contributed by atoms with Gasteiger partial charge in [-0.05, 0) is 24.3 Å². The largest absolute Gasteiger partial charge is 0.573 e. The molecule has 0 spiro atoms. The van der Waals surface area contributed by atoms with Gasteiger partial charge >= 0.3 is 11.2 Å². The van der Waals surface area contributed by atoms with Crippen molar-refractivity contribution in [2.24, 2.45) is 5.14 Å². The van der Waals surface area contributed by atoms with Crippen LogP contribution in [0.2, 0.25) is 0 Å². The SMILES string of the molecule is NS(=O)(=O)c1cc(F)c(-c2csc(=O)n2-c2cccc(OC(F)(F)F)c2)cc1F. The number of rotatable bonds is 4. The first kappa shape index (κ1) is 21.0. The highest BCUT2D eigenvalue weighted by Crippen LogP contribution is 2.31. The van der Waals surface area contributed by atoms with Crippen molar-refractivity contribution in [2.75, 3.05) is 0 Å². The molecular formula is C16H9F5N2O4S2. The summed E-state index contributed by atoms with van der Waals surface area (Å²) in [6.07, 6.45) is -4.97. The van der Waals surface area contributed by atoms with E-state index in [9.17, 15) is 35.2 Å². The van der Waals surface area contributed by atoms with E-state index >= 15 is 0 Å². The van der Waals surface area contributed by atoms with Gasteiger partial charge < -0.3 is 4.74 Å². The van der Waals surface area contributed by atoms with Crippen LogP contribution in [-0.4, -0.2) is 19.3 Å². The lowest BCUT2D eigenvalue weighted by Crippen LogP contribution is -2.18. The van der Waals surface area contributed by atoms with Crippen LogP contribution in [0, 0.1) is 11.6 Å². The molecule has 0 unspecified atom stereocenters. The highest BCUT2D eigenvalue weighted by molar-refractivity contribution is 7.89. The van der Waals surface area contributed by atoms with Crippen molar-refractivity contribution in [3.63, 3.8) is 0 Å². The van der Waals surface area contributed by atoms with Crippen molar-refractivity contribution in [1.29, 1.82) is 0 Å². The Bertz CT molecular complexity index is 1250. The van der Waals surface area contributed by atoms with Crippen LogP contribution in [0.3, 0.4) is 0 Å². The molecule has 0 aliphatic heterocycles. The number of alkyl halides is 3. The second-order valence-corrected chi connectivity index (χ2v) is 7.93. The topological polar surface area (TPSA) is 91.4 Å². The molecule has 0 atom stereocenters. The van der Waals surface area contributed by atoms with Gasteiger partial charge in [-0.3, -0.25) is 9.36 Å². The summed E-state index contributed by atoms with van der Waals surface area (Å²) < 4.78 is 93.2. The lowest BCUT2D eigenvalue weighted by atomic mass is 10.1. The molecule has 13 heteroatoms. The zero-order valence-corrected chi connectivity index (χ0v) is 15.5. The lowest BCUT2D eigenvalue weighted by Gasteiger charge is -2.13. The molecule has 2 aromatic carbocycles. The Kier molecular flexibility index (Phi) is 5.23.